The lowest BCUT2D eigenvalue weighted by atomic mass is 10.2. The second-order valence-electron chi connectivity index (χ2n) is 4.03. The first-order valence-corrected chi connectivity index (χ1v) is 6.69. The van der Waals surface area contributed by atoms with Gasteiger partial charge in [-0.15, -0.1) is 12.4 Å². The number of halogens is 2. The first kappa shape index (κ1) is 16.0. The number of hydrogen-bond acceptors (Lipinski definition) is 2. The summed E-state index contributed by atoms with van der Waals surface area (Å²) in [6.07, 6.45) is 0. The van der Waals surface area contributed by atoms with Crippen LogP contribution in [0.4, 0.5) is 0 Å². The predicted molar refractivity (Wildman–Crippen MR) is 84.9 cm³/mol. The van der Waals surface area contributed by atoms with E-state index >= 15 is 0 Å². The van der Waals surface area contributed by atoms with E-state index in [9.17, 15) is 0 Å². The quantitative estimate of drug-likeness (QED) is 0.880. The highest BCUT2D eigenvalue weighted by Gasteiger charge is 2.07. The Bertz CT molecular complexity index is 505. The molecule has 0 aliphatic rings. The van der Waals surface area contributed by atoms with Crippen LogP contribution in [0.2, 0.25) is 0 Å². The van der Waals surface area contributed by atoms with Crippen molar-refractivity contribution in [2.24, 2.45) is 0 Å². The Morgan fingerprint density at radius 3 is 2.47 bits per heavy atom. The monoisotopic (exact) mass is 341 g/mol. The normalized spacial score (nSPS) is 9.79. The summed E-state index contributed by atoms with van der Waals surface area (Å²) in [6.45, 7) is 1.38. The molecule has 0 aromatic heterocycles. The van der Waals surface area contributed by atoms with Crippen molar-refractivity contribution in [3.8, 4) is 5.75 Å². The molecule has 2 aromatic rings. The fraction of sp³-hybridized carbons (Fsp3) is 0.200. The molecule has 0 bridgehead atoms. The van der Waals surface area contributed by atoms with E-state index in [-0.39, 0.29) is 12.4 Å². The van der Waals surface area contributed by atoms with Crippen molar-refractivity contribution < 1.29 is 4.74 Å². The number of nitrogens with one attached hydrogen (secondary N) is 1. The molecule has 19 heavy (non-hydrogen) atoms. The zero-order valence-corrected chi connectivity index (χ0v) is 13.1. The molecule has 0 unspecified atom stereocenters. The van der Waals surface area contributed by atoms with Crippen LogP contribution in [-0.2, 0) is 13.2 Å². The molecule has 0 aliphatic carbocycles. The third-order valence-electron chi connectivity index (χ3n) is 2.64. The van der Waals surface area contributed by atoms with E-state index in [1.807, 2.05) is 37.4 Å². The number of rotatable bonds is 5. The highest BCUT2D eigenvalue weighted by molar-refractivity contribution is 9.10. The van der Waals surface area contributed by atoms with Crippen LogP contribution in [0.1, 0.15) is 11.1 Å². The van der Waals surface area contributed by atoms with Crippen molar-refractivity contribution in [2.75, 3.05) is 7.05 Å². The molecule has 2 nitrogen and oxygen atoms in total. The third kappa shape index (κ3) is 4.53. The van der Waals surface area contributed by atoms with Crippen LogP contribution < -0.4 is 10.1 Å². The number of hydrogen-bond donors (Lipinski definition) is 1. The SMILES string of the molecule is CNCc1cccc(Br)c1OCc1ccccc1.Cl. The maximum Gasteiger partial charge on any atom is 0.138 e. The summed E-state index contributed by atoms with van der Waals surface area (Å²) in [4.78, 5) is 0. The molecule has 2 aromatic carbocycles. The fourth-order valence-electron chi connectivity index (χ4n) is 1.77. The molecule has 0 spiro atoms. The number of para-hydroxylation sites is 1. The highest BCUT2D eigenvalue weighted by Crippen LogP contribution is 2.29. The molecule has 1 N–H and O–H groups in total. The van der Waals surface area contributed by atoms with Crippen LogP contribution in [0.3, 0.4) is 0 Å². The fourth-order valence-corrected chi connectivity index (χ4v) is 2.30. The third-order valence-corrected chi connectivity index (χ3v) is 3.27. The summed E-state index contributed by atoms with van der Waals surface area (Å²) >= 11 is 3.54. The summed E-state index contributed by atoms with van der Waals surface area (Å²) in [5.41, 5.74) is 2.33. The Balaban J connectivity index is 0.00000180. The maximum atomic E-state index is 5.92. The molecular weight excluding hydrogens is 326 g/mol. The smallest absolute Gasteiger partial charge is 0.138 e. The molecule has 0 heterocycles. The van der Waals surface area contributed by atoms with Gasteiger partial charge in [-0.05, 0) is 34.6 Å². The van der Waals surface area contributed by atoms with Gasteiger partial charge >= 0.3 is 0 Å². The van der Waals surface area contributed by atoms with Crippen molar-refractivity contribution in [3.05, 3.63) is 64.1 Å². The Morgan fingerprint density at radius 1 is 1.05 bits per heavy atom. The van der Waals surface area contributed by atoms with Gasteiger partial charge in [0.15, 0.2) is 0 Å². The van der Waals surface area contributed by atoms with Crippen molar-refractivity contribution in [1.82, 2.24) is 5.32 Å². The minimum atomic E-state index is 0. The lowest BCUT2D eigenvalue weighted by molar-refractivity contribution is 0.300. The molecule has 0 fully saturated rings. The van der Waals surface area contributed by atoms with E-state index in [1.54, 1.807) is 0 Å². The zero-order chi connectivity index (χ0) is 12.8. The number of ether oxygens (including phenoxy) is 1. The van der Waals surface area contributed by atoms with E-state index in [1.165, 1.54) is 5.56 Å². The average molecular weight is 343 g/mol. The van der Waals surface area contributed by atoms with Gasteiger partial charge in [0.1, 0.15) is 12.4 Å². The predicted octanol–water partition coefficient (Wildman–Crippen LogP) is 4.17. The topological polar surface area (TPSA) is 21.3 Å². The largest absolute Gasteiger partial charge is 0.487 e. The minimum absolute atomic E-state index is 0. The van der Waals surface area contributed by atoms with E-state index < -0.39 is 0 Å². The van der Waals surface area contributed by atoms with Gasteiger partial charge in [-0.1, -0.05) is 42.5 Å². The van der Waals surface area contributed by atoms with Crippen LogP contribution in [0.5, 0.6) is 5.75 Å². The van der Waals surface area contributed by atoms with E-state index in [4.69, 9.17) is 4.74 Å². The van der Waals surface area contributed by atoms with Crippen molar-refractivity contribution >= 4 is 28.3 Å². The van der Waals surface area contributed by atoms with Crippen molar-refractivity contribution in [3.63, 3.8) is 0 Å². The van der Waals surface area contributed by atoms with Gasteiger partial charge in [-0.3, -0.25) is 0 Å². The first-order chi connectivity index (χ1) is 8.81. The van der Waals surface area contributed by atoms with E-state index in [2.05, 4.69) is 39.4 Å². The van der Waals surface area contributed by atoms with Gasteiger partial charge in [0, 0.05) is 12.1 Å². The van der Waals surface area contributed by atoms with Gasteiger partial charge in [-0.2, -0.15) is 0 Å². The standard InChI is InChI=1S/C15H16BrNO.ClH/c1-17-10-13-8-5-9-14(16)15(13)18-11-12-6-3-2-4-7-12;/h2-9,17H,10-11H2,1H3;1H. The van der Waals surface area contributed by atoms with Gasteiger partial charge in [0.2, 0.25) is 0 Å². The summed E-state index contributed by atoms with van der Waals surface area (Å²) < 4.78 is 6.91. The van der Waals surface area contributed by atoms with Gasteiger partial charge in [0.05, 0.1) is 4.47 Å². The van der Waals surface area contributed by atoms with Crippen molar-refractivity contribution in [1.29, 1.82) is 0 Å². The molecule has 0 amide bonds. The molecule has 2 rings (SSSR count). The second kappa shape index (κ2) is 8.20. The molecule has 102 valence electrons. The summed E-state index contributed by atoms with van der Waals surface area (Å²) in [5, 5.41) is 3.15. The van der Waals surface area contributed by atoms with Gasteiger partial charge < -0.3 is 10.1 Å². The Labute approximate surface area is 128 Å². The number of benzene rings is 2. The van der Waals surface area contributed by atoms with Crippen molar-refractivity contribution in [2.45, 2.75) is 13.2 Å². The Kier molecular flexibility index (Phi) is 6.92. The summed E-state index contributed by atoms with van der Waals surface area (Å²) in [6, 6.07) is 16.3. The molecular formula is C15H17BrClNO. The molecule has 0 saturated carbocycles. The molecule has 0 radical (unpaired) electrons. The Hall–Kier alpha value is -1.03. The maximum absolute atomic E-state index is 5.92. The van der Waals surface area contributed by atoms with Crippen LogP contribution in [0.15, 0.2) is 53.0 Å². The minimum Gasteiger partial charge on any atom is -0.487 e. The summed E-state index contributed by atoms with van der Waals surface area (Å²) in [5.74, 6) is 0.913. The van der Waals surface area contributed by atoms with Crippen LogP contribution in [0.25, 0.3) is 0 Å². The zero-order valence-electron chi connectivity index (χ0n) is 10.7. The van der Waals surface area contributed by atoms with Gasteiger partial charge in [0.25, 0.3) is 0 Å². The van der Waals surface area contributed by atoms with E-state index in [0.29, 0.717) is 6.61 Å². The summed E-state index contributed by atoms with van der Waals surface area (Å²) in [7, 11) is 1.93. The second-order valence-corrected chi connectivity index (χ2v) is 4.89. The lowest BCUT2D eigenvalue weighted by Gasteiger charge is -2.13. The molecule has 0 aliphatic heterocycles. The molecule has 0 saturated heterocycles. The average Bonchev–Trinajstić information content (AvgIpc) is 2.40. The van der Waals surface area contributed by atoms with Gasteiger partial charge in [-0.25, -0.2) is 0 Å². The van der Waals surface area contributed by atoms with E-state index in [0.717, 1.165) is 22.3 Å². The van der Waals surface area contributed by atoms with Crippen LogP contribution in [-0.4, -0.2) is 7.05 Å². The lowest BCUT2D eigenvalue weighted by Crippen LogP contribution is -2.08. The highest BCUT2D eigenvalue weighted by atomic mass is 79.9. The van der Waals surface area contributed by atoms with Crippen LogP contribution >= 0.6 is 28.3 Å². The van der Waals surface area contributed by atoms with Crippen LogP contribution in [0, 0.1) is 0 Å². The Morgan fingerprint density at radius 2 is 1.79 bits per heavy atom. The first-order valence-electron chi connectivity index (χ1n) is 5.90. The molecule has 0 atom stereocenters. The molecule has 4 heteroatoms.